The van der Waals surface area contributed by atoms with E-state index in [1.165, 1.54) is 0 Å². The normalized spacial score (nSPS) is 12.9. The van der Waals surface area contributed by atoms with Crippen LogP contribution in [-0.4, -0.2) is 14.9 Å². The maximum absolute atomic E-state index is 10.5. The Kier molecular flexibility index (Phi) is 5.05. The molecule has 98 valence electrons. The predicted molar refractivity (Wildman–Crippen MR) is 84.0 cm³/mol. The number of halogens is 3. The van der Waals surface area contributed by atoms with Crippen LogP contribution < -0.4 is 0 Å². The lowest BCUT2D eigenvalue weighted by atomic mass is 10.1. The van der Waals surface area contributed by atoms with Gasteiger partial charge in [-0.15, -0.1) is 11.3 Å². The van der Waals surface area contributed by atoms with E-state index in [0.717, 1.165) is 36.3 Å². The lowest BCUT2D eigenvalue weighted by Crippen LogP contribution is -2.10. The van der Waals surface area contributed by atoms with E-state index < -0.39 is 6.10 Å². The third kappa shape index (κ3) is 2.90. The molecule has 0 fully saturated rings. The molecule has 0 amide bonds. The van der Waals surface area contributed by atoms with Gasteiger partial charge in [-0.25, -0.2) is 0 Å². The summed E-state index contributed by atoms with van der Waals surface area (Å²) in [6.07, 6.45) is 2.01. The smallest absolute Gasteiger partial charge is 0.124 e. The van der Waals surface area contributed by atoms with Crippen LogP contribution in [0.4, 0.5) is 0 Å². The standard InChI is InChI=1S/C11H11Br3N2OS/c1-2-3-16-9(7(12)5-15-16)10(17)6-4-8(13)18-11(6)14/h4-5,10,17H,2-3H2,1H3. The average molecular weight is 459 g/mol. The monoisotopic (exact) mass is 456 g/mol. The molecule has 2 aromatic rings. The van der Waals surface area contributed by atoms with E-state index in [1.807, 2.05) is 10.7 Å². The Bertz CT molecular complexity index is 552. The van der Waals surface area contributed by atoms with Gasteiger partial charge in [0, 0.05) is 12.1 Å². The topological polar surface area (TPSA) is 38.0 Å². The minimum Gasteiger partial charge on any atom is -0.382 e. The second-order valence-electron chi connectivity index (χ2n) is 3.78. The first-order valence-electron chi connectivity index (χ1n) is 5.38. The molecule has 0 aliphatic heterocycles. The summed E-state index contributed by atoms with van der Waals surface area (Å²) in [4.78, 5) is 0. The van der Waals surface area contributed by atoms with E-state index in [-0.39, 0.29) is 0 Å². The van der Waals surface area contributed by atoms with E-state index in [4.69, 9.17) is 0 Å². The molecule has 0 aliphatic carbocycles. The van der Waals surface area contributed by atoms with Crippen LogP contribution in [-0.2, 0) is 6.54 Å². The molecule has 0 bridgehead atoms. The lowest BCUT2D eigenvalue weighted by Gasteiger charge is -2.13. The SMILES string of the molecule is CCCn1ncc(Br)c1C(O)c1cc(Br)sc1Br. The van der Waals surface area contributed by atoms with Crippen molar-refractivity contribution in [3.63, 3.8) is 0 Å². The van der Waals surface area contributed by atoms with Crippen LogP contribution in [0.1, 0.15) is 30.7 Å². The molecule has 2 aromatic heterocycles. The Morgan fingerprint density at radius 2 is 2.17 bits per heavy atom. The molecule has 0 radical (unpaired) electrons. The number of nitrogens with zero attached hydrogens (tertiary/aromatic N) is 2. The van der Waals surface area contributed by atoms with Crippen LogP contribution in [0.15, 0.2) is 24.3 Å². The fourth-order valence-corrected chi connectivity index (χ4v) is 5.12. The molecule has 0 spiro atoms. The van der Waals surface area contributed by atoms with E-state index in [0.29, 0.717) is 0 Å². The van der Waals surface area contributed by atoms with Gasteiger partial charge in [0.25, 0.3) is 0 Å². The largest absolute Gasteiger partial charge is 0.382 e. The Balaban J connectivity index is 2.42. The van der Waals surface area contributed by atoms with Crippen LogP contribution in [0, 0.1) is 0 Å². The zero-order valence-corrected chi connectivity index (χ0v) is 15.1. The van der Waals surface area contributed by atoms with Gasteiger partial charge in [-0.1, -0.05) is 6.92 Å². The molecule has 1 N–H and O–H groups in total. The Hall–Kier alpha value is 0.310. The molecule has 3 nitrogen and oxygen atoms in total. The minimum absolute atomic E-state index is 0.689. The maximum Gasteiger partial charge on any atom is 0.124 e. The highest BCUT2D eigenvalue weighted by molar-refractivity contribution is 9.12. The third-order valence-corrected chi connectivity index (χ3v) is 5.50. The van der Waals surface area contributed by atoms with E-state index in [2.05, 4.69) is 59.8 Å². The molecule has 0 aromatic carbocycles. The summed E-state index contributed by atoms with van der Waals surface area (Å²) < 4.78 is 4.59. The van der Waals surface area contributed by atoms with Crippen LogP contribution in [0.2, 0.25) is 0 Å². The van der Waals surface area contributed by atoms with Crippen molar-refractivity contribution in [2.45, 2.75) is 26.0 Å². The zero-order valence-electron chi connectivity index (χ0n) is 9.53. The number of aromatic nitrogens is 2. The maximum atomic E-state index is 10.5. The van der Waals surface area contributed by atoms with Gasteiger partial charge < -0.3 is 5.11 Å². The van der Waals surface area contributed by atoms with Gasteiger partial charge in [0.05, 0.1) is 23.9 Å². The van der Waals surface area contributed by atoms with Crippen molar-refractivity contribution in [3.8, 4) is 0 Å². The number of hydrogen-bond donors (Lipinski definition) is 1. The molecule has 0 saturated carbocycles. The van der Waals surface area contributed by atoms with Crippen molar-refractivity contribution in [2.24, 2.45) is 0 Å². The first-order valence-corrected chi connectivity index (χ1v) is 8.58. The van der Waals surface area contributed by atoms with Crippen molar-refractivity contribution >= 4 is 59.1 Å². The average Bonchev–Trinajstić information content (AvgIpc) is 2.82. The van der Waals surface area contributed by atoms with E-state index in [1.54, 1.807) is 17.5 Å². The van der Waals surface area contributed by atoms with Gasteiger partial charge in [0.2, 0.25) is 0 Å². The molecule has 18 heavy (non-hydrogen) atoms. The highest BCUT2D eigenvalue weighted by Gasteiger charge is 2.22. The molecule has 0 saturated heterocycles. The highest BCUT2D eigenvalue weighted by atomic mass is 79.9. The Morgan fingerprint density at radius 1 is 1.44 bits per heavy atom. The van der Waals surface area contributed by atoms with Gasteiger partial charge in [0.1, 0.15) is 6.10 Å². The molecule has 2 rings (SSSR count). The molecule has 1 atom stereocenters. The fourth-order valence-electron chi connectivity index (χ4n) is 1.72. The van der Waals surface area contributed by atoms with Gasteiger partial charge in [-0.05, 0) is 60.3 Å². The number of aryl methyl sites for hydroxylation is 1. The third-order valence-electron chi connectivity index (χ3n) is 2.51. The summed E-state index contributed by atoms with van der Waals surface area (Å²) in [6, 6.07) is 1.93. The van der Waals surface area contributed by atoms with Crippen LogP contribution in [0.5, 0.6) is 0 Å². The summed E-state index contributed by atoms with van der Waals surface area (Å²) in [5, 5.41) is 14.8. The van der Waals surface area contributed by atoms with Crippen molar-refractivity contribution in [1.82, 2.24) is 9.78 Å². The molecular weight excluding hydrogens is 448 g/mol. The number of thiophene rings is 1. The number of aliphatic hydroxyl groups excluding tert-OH is 1. The highest BCUT2D eigenvalue weighted by Crippen LogP contribution is 2.39. The summed E-state index contributed by atoms with van der Waals surface area (Å²) >= 11 is 11.9. The quantitative estimate of drug-likeness (QED) is 0.719. The zero-order chi connectivity index (χ0) is 13.3. The van der Waals surface area contributed by atoms with Gasteiger partial charge in [-0.3, -0.25) is 4.68 Å². The molecular formula is C11H11Br3N2OS. The molecule has 1 unspecified atom stereocenters. The minimum atomic E-state index is -0.689. The molecule has 7 heteroatoms. The van der Waals surface area contributed by atoms with Crippen molar-refractivity contribution in [1.29, 1.82) is 0 Å². The van der Waals surface area contributed by atoms with Crippen LogP contribution in [0.25, 0.3) is 0 Å². The first-order chi connectivity index (χ1) is 8.54. The summed E-state index contributed by atoms with van der Waals surface area (Å²) in [5.74, 6) is 0. The Morgan fingerprint density at radius 3 is 2.72 bits per heavy atom. The van der Waals surface area contributed by atoms with Crippen molar-refractivity contribution in [2.75, 3.05) is 0 Å². The van der Waals surface area contributed by atoms with Gasteiger partial charge in [0.15, 0.2) is 0 Å². The van der Waals surface area contributed by atoms with Gasteiger partial charge in [-0.2, -0.15) is 5.10 Å². The lowest BCUT2D eigenvalue weighted by molar-refractivity contribution is 0.206. The number of hydrogen-bond acceptors (Lipinski definition) is 3. The summed E-state index contributed by atoms with van der Waals surface area (Å²) in [5.41, 5.74) is 1.65. The Labute approximate surface area is 135 Å². The van der Waals surface area contributed by atoms with Crippen molar-refractivity contribution < 1.29 is 5.11 Å². The second kappa shape index (κ2) is 6.17. The summed E-state index contributed by atoms with van der Waals surface area (Å²) in [6.45, 7) is 2.88. The summed E-state index contributed by atoms with van der Waals surface area (Å²) in [7, 11) is 0. The first kappa shape index (κ1) is 14.7. The van der Waals surface area contributed by atoms with Crippen LogP contribution in [0.3, 0.4) is 0 Å². The molecule has 0 aliphatic rings. The van der Waals surface area contributed by atoms with E-state index >= 15 is 0 Å². The van der Waals surface area contributed by atoms with Crippen LogP contribution >= 0.6 is 59.1 Å². The fraction of sp³-hybridized carbons (Fsp3) is 0.364. The number of aliphatic hydroxyl groups is 1. The van der Waals surface area contributed by atoms with E-state index in [9.17, 15) is 5.11 Å². The van der Waals surface area contributed by atoms with Gasteiger partial charge >= 0.3 is 0 Å². The number of rotatable bonds is 4. The predicted octanol–water partition coefficient (Wildman–Crippen LogP) is 4.72. The molecule has 2 heterocycles. The van der Waals surface area contributed by atoms with Crippen molar-refractivity contribution in [3.05, 3.63) is 35.6 Å². The second-order valence-corrected chi connectivity index (χ2v) is 8.39.